The number of H-pyrrole nitrogens is 1. The first-order chi connectivity index (χ1) is 20.8. The minimum absolute atomic E-state index is 0.000838. The zero-order valence-corrected chi connectivity index (χ0v) is 23.4. The lowest BCUT2D eigenvalue weighted by Crippen LogP contribution is -2.57. The molecule has 0 saturated carbocycles. The van der Waals surface area contributed by atoms with Crippen molar-refractivity contribution in [2.45, 2.75) is 56.3 Å². The lowest BCUT2D eigenvalue weighted by molar-refractivity contribution is -0.143. The summed E-state index contributed by atoms with van der Waals surface area (Å²) in [5, 5.41) is 45.2. The summed E-state index contributed by atoms with van der Waals surface area (Å²) in [4.78, 5) is 76.8. The number of phenols is 1. The van der Waals surface area contributed by atoms with Crippen molar-refractivity contribution in [3.05, 3.63) is 65.9 Å². The molecule has 0 aliphatic rings. The molecule has 44 heavy (non-hydrogen) atoms. The first-order valence-electron chi connectivity index (χ1n) is 13.5. The quantitative estimate of drug-likeness (QED) is 0.103. The molecular formula is C29H33N5O10. The van der Waals surface area contributed by atoms with Gasteiger partial charge in [0.25, 0.3) is 0 Å². The number of nitrogens with two attached hydrogens (primary N) is 1. The number of amides is 3. The molecular weight excluding hydrogens is 578 g/mol. The van der Waals surface area contributed by atoms with E-state index in [1.54, 1.807) is 30.5 Å². The van der Waals surface area contributed by atoms with E-state index >= 15 is 0 Å². The summed E-state index contributed by atoms with van der Waals surface area (Å²) in [5.74, 6) is -7.17. The SMILES string of the molecule is NC(Cc1ccc(O)cc1)C(=O)NC(CC(=O)O)C(=O)NC(CCC(=O)O)C(=O)NC(Cc1c[nH]c2ccccc12)C(=O)O. The van der Waals surface area contributed by atoms with Crippen LogP contribution >= 0.6 is 0 Å². The Morgan fingerprint density at radius 3 is 2.00 bits per heavy atom. The molecule has 3 rings (SSSR count). The maximum Gasteiger partial charge on any atom is 0.326 e. The largest absolute Gasteiger partial charge is 0.508 e. The molecule has 234 valence electrons. The molecule has 10 N–H and O–H groups in total. The minimum Gasteiger partial charge on any atom is -0.508 e. The second-order valence-corrected chi connectivity index (χ2v) is 10.1. The van der Waals surface area contributed by atoms with Gasteiger partial charge in [0, 0.05) is 29.9 Å². The molecule has 15 heteroatoms. The number of carboxylic acid groups (broad SMARTS) is 3. The van der Waals surface area contributed by atoms with E-state index < -0.39 is 79.1 Å². The number of aliphatic carboxylic acids is 3. The molecule has 0 fully saturated rings. The van der Waals surface area contributed by atoms with Crippen molar-refractivity contribution in [1.82, 2.24) is 20.9 Å². The average Bonchev–Trinajstić information content (AvgIpc) is 3.37. The Morgan fingerprint density at radius 1 is 0.750 bits per heavy atom. The van der Waals surface area contributed by atoms with E-state index in [2.05, 4.69) is 20.9 Å². The molecule has 1 heterocycles. The molecule has 0 saturated heterocycles. The van der Waals surface area contributed by atoms with Gasteiger partial charge >= 0.3 is 17.9 Å². The molecule has 2 aromatic carbocycles. The first kappa shape index (κ1) is 33.1. The molecule has 3 amide bonds. The maximum atomic E-state index is 13.2. The number of hydrogen-bond donors (Lipinski definition) is 9. The molecule has 3 aromatic rings. The van der Waals surface area contributed by atoms with Crippen molar-refractivity contribution in [2.24, 2.45) is 5.73 Å². The molecule has 0 aliphatic heterocycles. The van der Waals surface area contributed by atoms with Crippen LogP contribution in [0, 0.1) is 0 Å². The summed E-state index contributed by atoms with van der Waals surface area (Å²) in [7, 11) is 0. The monoisotopic (exact) mass is 611 g/mol. The highest BCUT2D eigenvalue weighted by atomic mass is 16.4. The topological polar surface area (TPSA) is 261 Å². The van der Waals surface area contributed by atoms with Crippen molar-refractivity contribution in [3.8, 4) is 5.75 Å². The number of aromatic amines is 1. The van der Waals surface area contributed by atoms with Gasteiger partial charge in [-0.15, -0.1) is 0 Å². The van der Waals surface area contributed by atoms with Gasteiger partial charge in [0.15, 0.2) is 0 Å². The molecule has 0 spiro atoms. The van der Waals surface area contributed by atoms with E-state index in [-0.39, 0.29) is 18.6 Å². The van der Waals surface area contributed by atoms with Gasteiger partial charge in [-0.05, 0) is 42.2 Å². The van der Waals surface area contributed by atoms with E-state index in [1.807, 2.05) is 0 Å². The highest BCUT2D eigenvalue weighted by Gasteiger charge is 2.32. The Balaban J connectivity index is 1.73. The zero-order chi connectivity index (χ0) is 32.4. The van der Waals surface area contributed by atoms with Gasteiger partial charge in [0.2, 0.25) is 17.7 Å². The molecule has 15 nitrogen and oxygen atoms in total. The van der Waals surface area contributed by atoms with Crippen LogP contribution in [0.15, 0.2) is 54.7 Å². The van der Waals surface area contributed by atoms with E-state index in [4.69, 9.17) is 10.8 Å². The highest BCUT2D eigenvalue weighted by Crippen LogP contribution is 2.19. The van der Waals surface area contributed by atoms with Crippen molar-refractivity contribution < 1.29 is 49.2 Å². The number of benzene rings is 2. The summed E-state index contributed by atoms with van der Waals surface area (Å²) in [6, 6.07) is 6.98. The van der Waals surface area contributed by atoms with Crippen LogP contribution in [0.3, 0.4) is 0 Å². The summed E-state index contributed by atoms with van der Waals surface area (Å²) in [6.45, 7) is 0. The summed E-state index contributed by atoms with van der Waals surface area (Å²) >= 11 is 0. The molecule has 4 atom stereocenters. The van der Waals surface area contributed by atoms with Crippen LogP contribution in [0.25, 0.3) is 10.9 Å². The Labute approximate surface area is 250 Å². The van der Waals surface area contributed by atoms with Gasteiger partial charge in [-0.2, -0.15) is 0 Å². The van der Waals surface area contributed by atoms with Gasteiger partial charge < -0.3 is 47.1 Å². The minimum atomic E-state index is -1.70. The summed E-state index contributed by atoms with van der Waals surface area (Å²) < 4.78 is 0. The van der Waals surface area contributed by atoms with Crippen LogP contribution in [0.2, 0.25) is 0 Å². The van der Waals surface area contributed by atoms with Gasteiger partial charge in [-0.1, -0.05) is 30.3 Å². The van der Waals surface area contributed by atoms with Gasteiger partial charge in [0.05, 0.1) is 12.5 Å². The number of phenolic OH excluding ortho intramolecular Hbond substituents is 1. The normalized spacial score (nSPS) is 13.7. The summed E-state index contributed by atoms with van der Waals surface area (Å²) in [6.07, 6.45) is -0.491. The van der Waals surface area contributed by atoms with E-state index in [0.29, 0.717) is 11.1 Å². The average molecular weight is 612 g/mol. The molecule has 0 aliphatic carbocycles. The number of fused-ring (bicyclic) bond motifs is 1. The number of carboxylic acids is 3. The van der Waals surface area contributed by atoms with E-state index in [1.165, 1.54) is 24.3 Å². The van der Waals surface area contributed by atoms with Crippen LogP contribution in [-0.4, -0.2) is 85.2 Å². The fourth-order valence-corrected chi connectivity index (χ4v) is 4.44. The van der Waals surface area contributed by atoms with Crippen LogP contribution in [0.4, 0.5) is 0 Å². The lowest BCUT2D eigenvalue weighted by atomic mass is 10.0. The zero-order valence-electron chi connectivity index (χ0n) is 23.4. The van der Waals surface area contributed by atoms with Crippen LogP contribution in [0.5, 0.6) is 5.75 Å². The number of nitrogens with one attached hydrogen (secondary N) is 4. The number of rotatable bonds is 16. The number of aromatic nitrogens is 1. The van der Waals surface area contributed by atoms with E-state index in [9.17, 15) is 44.1 Å². The third-order valence-electron chi connectivity index (χ3n) is 6.73. The Kier molecular flexibility index (Phi) is 11.4. The van der Waals surface area contributed by atoms with Gasteiger partial charge in [-0.3, -0.25) is 24.0 Å². The third kappa shape index (κ3) is 9.55. The van der Waals surface area contributed by atoms with Crippen molar-refractivity contribution in [2.75, 3.05) is 0 Å². The van der Waals surface area contributed by atoms with Crippen molar-refractivity contribution in [3.63, 3.8) is 0 Å². The predicted molar refractivity (Wildman–Crippen MR) is 154 cm³/mol. The molecule has 0 radical (unpaired) electrons. The number of carbonyl (C=O) groups excluding carboxylic acids is 3. The number of hydrogen-bond acceptors (Lipinski definition) is 8. The van der Waals surface area contributed by atoms with Gasteiger partial charge in [0.1, 0.15) is 23.9 Å². The Bertz CT molecular complexity index is 1520. The first-order valence-corrected chi connectivity index (χ1v) is 13.5. The van der Waals surface area contributed by atoms with E-state index in [0.717, 1.165) is 10.9 Å². The fourth-order valence-electron chi connectivity index (χ4n) is 4.44. The second-order valence-electron chi connectivity index (χ2n) is 10.1. The fraction of sp³-hybridized carbons (Fsp3) is 0.310. The van der Waals surface area contributed by atoms with Gasteiger partial charge in [-0.25, -0.2) is 4.79 Å². The molecule has 1 aromatic heterocycles. The Morgan fingerprint density at radius 2 is 1.36 bits per heavy atom. The number of carbonyl (C=O) groups is 6. The standard InChI is InChI=1S/C29H33N5O10/c30-19(11-15-5-7-17(35)8-6-15)26(40)33-22(13-25(38)39)28(42)32-21(9-10-24(36)37)27(41)34-23(29(43)44)12-16-14-31-20-4-2-1-3-18(16)20/h1-8,14,19,21-23,31,35H,9-13,30H2,(H,32,42)(H,33,40)(H,34,41)(H,36,37)(H,38,39)(H,43,44). The highest BCUT2D eigenvalue weighted by molar-refractivity contribution is 5.96. The van der Waals surface area contributed by atoms with Crippen molar-refractivity contribution in [1.29, 1.82) is 0 Å². The predicted octanol–water partition coefficient (Wildman–Crippen LogP) is -0.135. The number of para-hydroxylation sites is 1. The lowest BCUT2D eigenvalue weighted by Gasteiger charge is -2.24. The molecule has 4 unspecified atom stereocenters. The maximum absolute atomic E-state index is 13.2. The smallest absolute Gasteiger partial charge is 0.326 e. The van der Waals surface area contributed by atoms with Crippen molar-refractivity contribution >= 4 is 46.5 Å². The van der Waals surface area contributed by atoms with Crippen LogP contribution in [0.1, 0.15) is 30.4 Å². The molecule has 0 bridgehead atoms. The second kappa shape index (κ2) is 15.2. The summed E-state index contributed by atoms with van der Waals surface area (Å²) in [5.41, 5.74) is 7.85. The van der Waals surface area contributed by atoms with Crippen LogP contribution < -0.4 is 21.7 Å². The third-order valence-corrected chi connectivity index (χ3v) is 6.73. The van der Waals surface area contributed by atoms with Crippen LogP contribution in [-0.2, 0) is 41.6 Å². The number of aromatic hydroxyl groups is 1. The Hall–Kier alpha value is -5.44.